The summed E-state index contributed by atoms with van der Waals surface area (Å²) >= 11 is 0. The van der Waals surface area contributed by atoms with E-state index in [0.717, 1.165) is 36.6 Å². The Bertz CT molecular complexity index is 707. The Kier molecular flexibility index (Phi) is 3.20. The molecule has 7 heteroatoms. The number of hydrogen-bond donors (Lipinski definition) is 1. The number of anilines is 1. The Balaban J connectivity index is 1.49. The molecule has 1 aliphatic carbocycles. The summed E-state index contributed by atoms with van der Waals surface area (Å²) in [5.41, 5.74) is 1.73. The molecule has 2 fully saturated rings. The first kappa shape index (κ1) is 13.5. The molecule has 116 valence electrons. The lowest BCUT2D eigenvalue weighted by Gasteiger charge is -2.14. The Hall–Kier alpha value is -2.18. The molecule has 1 saturated heterocycles. The molecule has 4 rings (SSSR count). The van der Waals surface area contributed by atoms with Crippen LogP contribution in [0.15, 0.2) is 12.7 Å². The van der Waals surface area contributed by atoms with Gasteiger partial charge in [-0.2, -0.15) is 0 Å². The number of carbonyl (C=O) groups is 1. The minimum atomic E-state index is 0.250. The van der Waals surface area contributed by atoms with Crippen molar-refractivity contribution in [2.45, 2.75) is 32.2 Å². The number of nitrogens with zero attached hydrogens (tertiary/aromatic N) is 5. The summed E-state index contributed by atoms with van der Waals surface area (Å²) in [6, 6.07) is 0.554. The van der Waals surface area contributed by atoms with Crippen molar-refractivity contribution in [1.29, 1.82) is 0 Å². The second-order valence-corrected chi connectivity index (χ2v) is 6.16. The third-order valence-electron chi connectivity index (χ3n) is 4.53. The predicted octanol–water partition coefficient (Wildman–Crippen LogP) is 1.44. The van der Waals surface area contributed by atoms with Crippen molar-refractivity contribution in [3.05, 3.63) is 12.7 Å². The molecule has 2 aromatic rings. The average Bonchev–Trinajstić information content (AvgIpc) is 3.17. The maximum absolute atomic E-state index is 11.8. The van der Waals surface area contributed by atoms with Crippen LogP contribution in [0.25, 0.3) is 11.2 Å². The van der Waals surface area contributed by atoms with Crippen LogP contribution in [-0.2, 0) is 4.79 Å². The van der Waals surface area contributed by atoms with Gasteiger partial charge in [0.2, 0.25) is 5.91 Å². The van der Waals surface area contributed by atoms with Crippen LogP contribution in [0.3, 0.4) is 0 Å². The molecular formula is C15H20N6O. The Morgan fingerprint density at radius 2 is 2.18 bits per heavy atom. The number of carbonyl (C=O) groups excluding carboxylic acids is 1. The van der Waals surface area contributed by atoms with E-state index in [0.29, 0.717) is 18.4 Å². The maximum Gasteiger partial charge on any atom is 0.222 e. The monoisotopic (exact) mass is 300 g/mol. The number of rotatable bonds is 5. The molecule has 2 aliphatic rings. The number of aromatic nitrogens is 4. The highest BCUT2D eigenvalue weighted by atomic mass is 16.2. The van der Waals surface area contributed by atoms with E-state index < -0.39 is 0 Å². The van der Waals surface area contributed by atoms with E-state index in [-0.39, 0.29) is 5.91 Å². The van der Waals surface area contributed by atoms with E-state index >= 15 is 0 Å². The summed E-state index contributed by atoms with van der Waals surface area (Å²) in [5, 5.41) is 3.36. The third kappa shape index (κ3) is 2.30. The van der Waals surface area contributed by atoms with Gasteiger partial charge in [0, 0.05) is 38.0 Å². The van der Waals surface area contributed by atoms with Gasteiger partial charge in [-0.1, -0.05) is 0 Å². The normalized spacial score (nSPS) is 21.8. The zero-order valence-corrected chi connectivity index (χ0v) is 12.7. The van der Waals surface area contributed by atoms with Gasteiger partial charge < -0.3 is 14.8 Å². The fourth-order valence-corrected chi connectivity index (χ4v) is 3.14. The van der Waals surface area contributed by atoms with Crippen LogP contribution in [0.4, 0.5) is 5.82 Å². The zero-order chi connectivity index (χ0) is 15.1. The predicted molar refractivity (Wildman–Crippen MR) is 82.4 cm³/mol. The second-order valence-electron chi connectivity index (χ2n) is 6.16. The first-order chi connectivity index (χ1) is 10.8. The Morgan fingerprint density at radius 3 is 2.91 bits per heavy atom. The number of hydrogen-bond acceptors (Lipinski definition) is 5. The molecule has 0 spiro atoms. The molecule has 3 heterocycles. The molecule has 1 saturated carbocycles. The highest BCUT2D eigenvalue weighted by molar-refractivity contribution is 5.83. The lowest BCUT2D eigenvalue weighted by Crippen LogP contribution is -2.25. The molecule has 0 aromatic carbocycles. The quantitative estimate of drug-likeness (QED) is 0.904. The minimum Gasteiger partial charge on any atom is -0.368 e. The topological polar surface area (TPSA) is 75.9 Å². The number of fused-ring (bicyclic) bond motifs is 1. The van der Waals surface area contributed by atoms with Gasteiger partial charge in [-0.05, 0) is 19.8 Å². The molecule has 1 aliphatic heterocycles. The van der Waals surface area contributed by atoms with Crippen molar-refractivity contribution in [2.75, 3.05) is 25.0 Å². The van der Waals surface area contributed by atoms with Gasteiger partial charge in [0.1, 0.15) is 11.8 Å². The van der Waals surface area contributed by atoms with Crippen LogP contribution in [0.5, 0.6) is 0 Å². The second kappa shape index (κ2) is 5.23. The van der Waals surface area contributed by atoms with Gasteiger partial charge in [0.15, 0.2) is 11.5 Å². The van der Waals surface area contributed by atoms with Crippen molar-refractivity contribution < 1.29 is 4.79 Å². The summed E-state index contributed by atoms with van der Waals surface area (Å²) in [6.07, 6.45) is 6.47. The van der Waals surface area contributed by atoms with E-state index in [4.69, 9.17) is 0 Å². The van der Waals surface area contributed by atoms with Crippen LogP contribution in [0.2, 0.25) is 0 Å². The molecular weight excluding hydrogens is 280 g/mol. The van der Waals surface area contributed by atoms with Crippen LogP contribution >= 0.6 is 0 Å². The highest BCUT2D eigenvalue weighted by Gasteiger charge is 2.29. The third-order valence-corrected chi connectivity index (χ3v) is 4.53. The fourth-order valence-electron chi connectivity index (χ4n) is 3.14. The zero-order valence-electron chi connectivity index (χ0n) is 12.7. The van der Waals surface area contributed by atoms with Gasteiger partial charge in [0.05, 0.1) is 6.33 Å². The van der Waals surface area contributed by atoms with Crippen molar-refractivity contribution in [3.8, 4) is 0 Å². The molecule has 1 N–H and O–H groups in total. The average molecular weight is 300 g/mol. The highest BCUT2D eigenvalue weighted by Crippen LogP contribution is 2.37. The van der Waals surface area contributed by atoms with Crippen LogP contribution < -0.4 is 5.32 Å². The fraction of sp³-hybridized carbons (Fsp3) is 0.600. The van der Waals surface area contributed by atoms with Gasteiger partial charge >= 0.3 is 0 Å². The minimum absolute atomic E-state index is 0.250. The lowest BCUT2D eigenvalue weighted by molar-refractivity contribution is -0.127. The van der Waals surface area contributed by atoms with Gasteiger partial charge in [-0.25, -0.2) is 15.0 Å². The van der Waals surface area contributed by atoms with Gasteiger partial charge in [0.25, 0.3) is 0 Å². The van der Waals surface area contributed by atoms with Gasteiger partial charge in [-0.3, -0.25) is 4.79 Å². The number of nitrogens with one attached hydrogen (secondary N) is 1. The summed E-state index contributed by atoms with van der Waals surface area (Å²) in [7, 11) is 0. The number of likely N-dealkylation sites (tertiary alicyclic amines) is 1. The SMILES string of the molecule is CCN1CC(CNc2ncnc3c2ncn3C2CC2)CC1=O. The van der Waals surface area contributed by atoms with Crippen molar-refractivity contribution in [1.82, 2.24) is 24.4 Å². The van der Waals surface area contributed by atoms with E-state index in [1.807, 2.05) is 18.2 Å². The van der Waals surface area contributed by atoms with Crippen LogP contribution in [0, 0.1) is 5.92 Å². The molecule has 1 unspecified atom stereocenters. The van der Waals surface area contributed by atoms with Crippen molar-refractivity contribution in [3.63, 3.8) is 0 Å². The van der Waals surface area contributed by atoms with Crippen LogP contribution in [-0.4, -0.2) is 50.0 Å². The van der Waals surface area contributed by atoms with E-state index in [2.05, 4.69) is 24.8 Å². The standard InChI is InChI=1S/C15H20N6O/c1-2-20-7-10(5-12(20)22)6-16-14-13-15(18-8-17-14)21(9-19-13)11-3-4-11/h8-11H,2-7H2,1H3,(H,16,17,18). The first-order valence-corrected chi connectivity index (χ1v) is 7.95. The van der Waals surface area contributed by atoms with E-state index in [1.165, 1.54) is 12.8 Å². The van der Waals surface area contributed by atoms with E-state index in [1.54, 1.807) is 6.33 Å². The number of amides is 1. The van der Waals surface area contributed by atoms with Crippen molar-refractivity contribution >= 4 is 22.9 Å². The summed E-state index contributed by atoms with van der Waals surface area (Å²) in [6.45, 7) is 4.38. The number of imidazole rings is 1. The van der Waals surface area contributed by atoms with Gasteiger partial charge in [-0.15, -0.1) is 0 Å². The molecule has 22 heavy (non-hydrogen) atoms. The molecule has 0 bridgehead atoms. The smallest absolute Gasteiger partial charge is 0.222 e. The van der Waals surface area contributed by atoms with Crippen LogP contribution in [0.1, 0.15) is 32.2 Å². The molecule has 1 atom stereocenters. The van der Waals surface area contributed by atoms with E-state index in [9.17, 15) is 4.79 Å². The molecule has 2 aromatic heterocycles. The largest absolute Gasteiger partial charge is 0.368 e. The summed E-state index contributed by atoms with van der Waals surface area (Å²) < 4.78 is 2.14. The summed E-state index contributed by atoms with van der Waals surface area (Å²) in [4.78, 5) is 26.8. The molecule has 1 amide bonds. The molecule has 7 nitrogen and oxygen atoms in total. The maximum atomic E-state index is 11.8. The lowest BCUT2D eigenvalue weighted by atomic mass is 10.1. The first-order valence-electron chi connectivity index (χ1n) is 7.95. The Labute approximate surface area is 128 Å². The van der Waals surface area contributed by atoms with Crippen molar-refractivity contribution in [2.24, 2.45) is 5.92 Å². The molecule has 0 radical (unpaired) electrons. The Morgan fingerprint density at radius 1 is 1.32 bits per heavy atom. The summed E-state index contributed by atoms with van der Waals surface area (Å²) in [5.74, 6) is 1.36.